The molecule has 0 aliphatic heterocycles. The summed E-state index contributed by atoms with van der Waals surface area (Å²) in [6, 6.07) is 7.63. The van der Waals surface area contributed by atoms with Crippen LogP contribution in [0.4, 0.5) is 0 Å². The summed E-state index contributed by atoms with van der Waals surface area (Å²) in [5.74, 6) is 0.447. The first-order valence-corrected chi connectivity index (χ1v) is 5.61. The molecule has 0 aliphatic rings. The Labute approximate surface area is 123 Å². The zero-order chi connectivity index (χ0) is 10.2. The zero-order valence-corrected chi connectivity index (χ0v) is 9.00. The van der Waals surface area contributed by atoms with Gasteiger partial charge in [0, 0.05) is 0 Å². The van der Waals surface area contributed by atoms with Crippen LogP contribution in [-0.4, -0.2) is 42.8 Å². The van der Waals surface area contributed by atoms with Crippen molar-refractivity contribution >= 4 is 37.7 Å². The van der Waals surface area contributed by atoms with Gasteiger partial charge in [0.1, 0.15) is 5.75 Å². The number of benzene rings is 1. The summed E-state index contributed by atoms with van der Waals surface area (Å²) < 4.78 is 0. The summed E-state index contributed by atoms with van der Waals surface area (Å²) in [5, 5.41) is 9.51. The van der Waals surface area contributed by atoms with Crippen molar-refractivity contribution in [2.45, 2.75) is 45.4 Å². The molecular formula is C13H22CaO. The number of hydrogen-bond acceptors (Lipinski definition) is 1. The minimum atomic E-state index is 0. The Kier molecular flexibility index (Phi) is 9.68. The molecule has 0 aliphatic carbocycles. The quantitative estimate of drug-likeness (QED) is 0.592. The van der Waals surface area contributed by atoms with Gasteiger partial charge in [0.25, 0.3) is 0 Å². The molecule has 0 atom stereocenters. The van der Waals surface area contributed by atoms with Crippen molar-refractivity contribution in [1.29, 1.82) is 0 Å². The van der Waals surface area contributed by atoms with E-state index in [4.69, 9.17) is 0 Å². The third-order valence-corrected chi connectivity index (χ3v) is 2.54. The first kappa shape index (κ1) is 15.3. The fourth-order valence-corrected chi connectivity index (χ4v) is 1.64. The van der Waals surface area contributed by atoms with Gasteiger partial charge < -0.3 is 5.11 Å². The van der Waals surface area contributed by atoms with Crippen molar-refractivity contribution in [2.24, 2.45) is 0 Å². The third-order valence-electron chi connectivity index (χ3n) is 2.54. The van der Waals surface area contributed by atoms with Gasteiger partial charge in [0.05, 0.1) is 0 Å². The van der Waals surface area contributed by atoms with Crippen LogP contribution < -0.4 is 0 Å². The van der Waals surface area contributed by atoms with E-state index < -0.39 is 0 Å². The second-order valence-electron chi connectivity index (χ2n) is 3.79. The van der Waals surface area contributed by atoms with Gasteiger partial charge in [0.2, 0.25) is 0 Å². The molecule has 1 N–H and O–H groups in total. The molecule has 0 fully saturated rings. The van der Waals surface area contributed by atoms with Crippen LogP contribution in [-0.2, 0) is 6.42 Å². The number of hydrogen-bond donors (Lipinski definition) is 1. The molecule has 0 saturated heterocycles. The van der Waals surface area contributed by atoms with Crippen LogP contribution in [0.1, 0.15) is 44.6 Å². The molecule has 0 saturated carbocycles. The van der Waals surface area contributed by atoms with Gasteiger partial charge in [-0.2, -0.15) is 0 Å². The minimum absolute atomic E-state index is 0. The first-order chi connectivity index (χ1) is 6.84. The standard InChI is InChI=1S/C13H20O.Ca.2H/c1-2-3-4-5-6-9-12-10-7-8-11-13(12)14;;;/h7-8,10-11,14H,2-6,9H2,1H3;;;. The van der Waals surface area contributed by atoms with Gasteiger partial charge in [-0.3, -0.25) is 0 Å². The summed E-state index contributed by atoms with van der Waals surface area (Å²) in [4.78, 5) is 0. The topological polar surface area (TPSA) is 20.2 Å². The Morgan fingerprint density at radius 2 is 1.67 bits per heavy atom. The van der Waals surface area contributed by atoms with E-state index in [-0.39, 0.29) is 37.7 Å². The average Bonchev–Trinajstić information content (AvgIpc) is 2.20. The number of phenolic OH excluding ortho intramolecular Hbond substituents is 1. The Bertz CT molecular complexity index is 260. The molecule has 1 nitrogen and oxygen atoms in total. The van der Waals surface area contributed by atoms with Crippen molar-refractivity contribution in [1.82, 2.24) is 0 Å². The maximum atomic E-state index is 9.51. The fourth-order valence-electron chi connectivity index (χ4n) is 1.64. The van der Waals surface area contributed by atoms with Crippen molar-refractivity contribution in [3.63, 3.8) is 0 Å². The van der Waals surface area contributed by atoms with Gasteiger partial charge in [-0.25, -0.2) is 0 Å². The van der Waals surface area contributed by atoms with Crippen LogP contribution in [0.3, 0.4) is 0 Å². The van der Waals surface area contributed by atoms with E-state index in [2.05, 4.69) is 6.92 Å². The maximum absolute atomic E-state index is 9.51. The predicted octanol–water partition coefficient (Wildman–Crippen LogP) is 2.99. The SMILES string of the molecule is CCCCCCCc1ccccc1O.[CaH2]. The monoisotopic (exact) mass is 234 g/mol. The molecule has 82 valence electrons. The summed E-state index contributed by atoms with van der Waals surface area (Å²) in [6.07, 6.45) is 7.43. The molecule has 15 heavy (non-hydrogen) atoms. The summed E-state index contributed by atoms with van der Waals surface area (Å²) in [6.45, 7) is 2.23. The van der Waals surface area contributed by atoms with Crippen molar-refractivity contribution in [3.05, 3.63) is 29.8 Å². The Hall–Kier alpha value is 0.280. The number of rotatable bonds is 6. The van der Waals surface area contributed by atoms with Gasteiger partial charge in [-0.05, 0) is 24.5 Å². The van der Waals surface area contributed by atoms with Crippen LogP contribution in [0.15, 0.2) is 24.3 Å². The Morgan fingerprint density at radius 3 is 2.33 bits per heavy atom. The van der Waals surface area contributed by atoms with Gasteiger partial charge >= 0.3 is 37.7 Å². The molecule has 0 bridgehead atoms. The molecular weight excluding hydrogens is 212 g/mol. The van der Waals surface area contributed by atoms with Crippen LogP contribution >= 0.6 is 0 Å². The molecule has 1 aromatic carbocycles. The second-order valence-corrected chi connectivity index (χ2v) is 3.79. The summed E-state index contributed by atoms with van der Waals surface area (Å²) in [7, 11) is 0. The first-order valence-electron chi connectivity index (χ1n) is 5.61. The van der Waals surface area contributed by atoms with Crippen LogP contribution in [0.25, 0.3) is 0 Å². The zero-order valence-electron chi connectivity index (χ0n) is 9.00. The van der Waals surface area contributed by atoms with Crippen LogP contribution in [0, 0.1) is 0 Å². The van der Waals surface area contributed by atoms with Gasteiger partial charge in [0.15, 0.2) is 0 Å². The van der Waals surface area contributed by atoms with Crippen molar-refractivity contribution in [3.8, 4) is 5.75 Å². The molecule has 2 heteroatoms. The molecule has 0 spiro atoms. The van der Waals surface area contributed by atoms with E-state index in [1.807, 2.05) is 18.2 Å². The number of para-hydroxylation sites is 1. The molecule has 0 amide bonds. The summed E-state index contributed by atoms with van der Waals surface area (Å²) >= 11 is 0. The normalized spacial score (nSPS) is 9.67. The van der Waals surface area contributed by atoms with E-state index in [1.54, 1.807) is 6.07 Å². The third kappa shape index (κ3) is 6.44. The molecule has 1 rings (SSSR count). The van der Waals surface area contributed by atoms with Gasteiger partial charge in [-0.15, -0.1) is 0 Å². The average molecular weight is 234 g/mol. The van der Waals surface area contributed by atoms with E-state index in [1.165, 1.54) is 32.1 Å². The van der Waals surface area contributed by atoms with E-state index in [0.29, 0.717) is 5.75 Å². The van der Waals surface area contributed by atoms with Crippen molar-refractivity contribution in [2.75, 3.05) is 0 Å². The fraction of sp³-hybridized carbons (Fsp3) is 0.538. The number of unbranched alkanes of at least 4 members (excludes halogenated alkanes) is 4. The van der Waals surface area contributed by atoms with Crippen LogP contribution in [0.2, 0.25) is 0 Å². The molecule has 1 aromatic rings. The van der Waals surface area contributed by atoms with E-state index in [0.717, 1.165) is 12.0 Å². The van der Waals surface area contributed by atoms with Gasteiger partial charge in [-0.1, -0.05) is 50.8 Å². The molecule has 0 unspecified atom stereocenters. The molecule has 0 radical (unpaired) electrons. The molecule has 0 heterocycles. The second kappa shape index (κ2) is 9.50. The number of aryl methyl sites for hydroxylation is 1. The molecule has 0 aromatic heterocycles. The van der Waals surface area contributed by atoms with Crippen LogP contribution in [0.5, 0.6) is 5.75 Å². The predicted molar refractivity (Wildman–Crippen MR) is 69.1 cm³/mol. The number of aromatic hydroxyl groups is 1. The Morgan fingerprint density at radius 1 is 1.00 bits per heavy atom. The van der Waals surface area contributed by atoms with E-state index >= 15 is 0 Å². The van der Waals surface area contributed by atoms with E-state index in [9.17, 15) is 5.11 Å². The number of phenols is 1. The Balaban J connectivity index is 0.00000196. The summed E-state index contributed by atoms with van der Waals surface area (Å²) in [5.41, 5.74) is 1.09. The van der Waals surface area contributed by atoms with Crippen molar-refractivity contribution < 1.29 is 5.11 Å².